The van der Waals surface area contributed by atoms with E-state index in [-0.39, 0.29) is 13.0 Å². The lowest BCUT2D eigenvalue weighted by Crippen LogP contribution is -2.48. The fourth-order valence-corrected chi connectivity index (χ4v) is 1.72. The highest BCUT2D eigenvalue weighted by Crippen LogP contribution is 2.43. The van der Waals surface area contributed by atoms with Gasteiger partial charge in [0.25, 0.3) is 0 Å². The fraction of sp³-hybridized carbons (Fsp3) is 1.00. The molecule has 1 aliphatic heterocycles. The Morgan fingerprint density at radius 3 is 2.25 bits per heavy atom. The van der Waals surface area contributed by atoms with Gasteiger partial charge in [-0.05, 0) is 33.4 Å². The van der Waals surface area contributed by atoms with E-state index < -0.39 is 11.6 Å². The average Bonchev–Trinajstić information content (AvgIpc) is 1.83. The van der Waals surface area contributed by atoms with Crippen LogP contribution in [0.5, 0.6) is 0 Å². The minimum atomic E-state index is -4.05. The summed E-state index contributed by atoms with van der Waals surface area (Å²) in [4.78, 5) is 1.75. The molecule has 0 aliphatic carbocycles. The van der Waals surface area contributed by atoms with Crippen molar-refractivity contribution in [3.63, 3.8) is 0 Å². The largest absolute Gasteiger partial charge is 0.395 e. The first kappa shape index (κ1) is 9.84. The number of piperidine rings is 1. The fourth-order valence-electron chi connectivity index (χ4n) is 1.72. The number of likely N-dealkylation sites (tertiary alicyclic amines) is 1. The van der Waals surface area contributed by atoms with Gasteiger partial charge in [0.1, 0.15) is 0 Å². The molecule has 0 N–H and O–H groups in total. The van der Waals surface area contributed by atoms with Gasteiger partial charge in [-0.1, -0.05) is 0 Å². The summed E-state index contributed by atoms with van der Waals surface area (Å²) < 4.78 is 37.4. The zero-order valence-electron chi connectivity index (χ0n) is 7.41. The number of hydrogen-bond donors (Lipinski definition) is 0. The van der Waals surface area contributed by atoms with Crippen molar-refractivity contribution in [2.45, 2.75) is 25.9 Å². The van der Waals surface area contributed by atoms with Crippen LogP contribution < -0.4 is 0 Å². The first-order valence-corrected chi connectivity index (χ1v) is 4.10. The Balaban J connectivity index is 2.70. The molecule has 0 bridgehead atoms. The molecule has 0 amide bonds. The predicted molar refractivity (Wildman–Crippen MR) is 40.9 cm³/mol. The van der Waals surface area contributed by atoms with Crippen LogP contribution in [0.3, 0.4) is 0 Å². The Hall–Kier alpha value is -0.250. The molecule has 0 aromatic carbocycles. The molecule has 72 valence electrons. The Morgan fingerprint density at radius 1 is 1.33 bits per heavy atom. The van der Waals surface area contributed by atoms with Crippen molar-refractivity contribution in [2.24, 2.45) is 5.41 Å². The second kappa shape index (κ2) is 2.91. The lowest BCUT2D eigenvalue weighted by atomic mass is 9.81. The van der Waals surface area contributed by atoms with Crippen molar-refractivity contribution in [1.82, 2.24) is 4.90 Å². The van der Waals surface area contributed by atoms with Crippen LogP contribution >= 0.6 is 0 Å². The Morgan fingerprint density at radius 2 is 1.92 bits per heavy atom. The van der Waals surface area contributed by atoms with Gasteiger partial charge in [-0.15, -0.1) is 0 Å². The van der Waals surface area contributed by atoms with E-state index >= 15 is 0 Å². The number of alkyl halides is 3. The van der Waals surface area contributed by atoms with Gasteiger partial charge < -0.3 is 4.90 Å². The summed E-state index contributed by atoms with van der Waals surface area (Å²) in [7, 11) is 1.74. The van der Waals surface area contributed by atoms with E-state index in [0.29, 0.717) is 6.42 Å². The lowest BCUT2D eigenvalue weighted by molar-refractivity contribution is -0.231. The summed E-state index contributed by atoms with van der Waals surface area (Å²) in [6.07, 6.45) is -3.14. The van der Waals surface area contributed by atoms with Gasteiger partial charge in [-0.25, -0.2) is 0 Å². The third kappa shape index (κ3) is 1.73. The predicted octanol–water partition coefficient (Wildman–Crippen LogP) is 2.28. The molecule has 0 aromatic heterocycles. The molecule has 1 aliphatic rings. The molecule has 4 heteroatoms. The molecule has 1 heterocycles. The highest BCUT2D eigenvalue weighted by atomic mass is 19.4. The van der Waals surface area contributed by atoms with Crippen LogP contribution in [-0.2, 0) is 0 Å². The molecule has 1 fully saturated rings. The zero-order valence-corrected chi connectivity index (χ0v) is 7.41. The van der Waals surface area contributed by atoms with Crippen molar-refractivity contribution >= 4 is 0 Å². The topological polar surface area (TPSA) is 3.24 Å². The third-order valence-corrected chi connectivity index (χ3v) is 2.57. The normalized spacial score (nSPS) is 33.8. The molecule has 1 rings (SSSR count). The number of rotatable bonds is 0. The van der Waals surface area contributed by atoms with E-state index in [1.165, 1.54) is 6.92 Å². The molecule has 1 unspecified atom stereocenters. The summed E-state index contributed by atoms with van der Waals surface area (Å²) in [5.74, 6) is 0. The van der Waals surface area contributed by atoms with Crippen LogP contribution in [0, 0.1) is 5.41 Å². The minimum absolute atomic E-state index is 0.135. The van der Waals surface area contributed by atoms with Gasteiger partial charge in [0, 0.05) is 6.54 Å². The molecule has 12 heavy (non-hydrogen) atoms. The third-order valence-electron chi connectivity index (χ3n) is 2.57. The Bertz CT molecular complexity index is 166. The molecule has 0 aromatic rings. The first-order chi connectivity index (χ1) is 5.35. The molecule has 0 radical (unpaired) electrons. The quantitative estimate of drug-likeness (QED) is 0.554. The second-order valence-electron chi connectivity index (χ2n) is 3.90. The molecule has 0 spiro atoms. The summed E-state index contributed by atoms with van der Waals surface area (Å²) in [5.41, 5.74) is -1.49. The highest BCUT2D eigenvalue weighted by Gasteiger charge is 2.52. The van der Waals surface area contributed by atoms with Crippen molar-refractivity contribution in [1.29, 1.82) is 0 Å². The maximum Gasteiger partial charge on any atom is 0.395 e. The molecule has 1 saturated heterocycles. The van der Waals surface area contributed by atoms with Gasteiger partial charge in [0.2, 0.25) is 0 Å². The zero-order chi connectivity index (χ0) is 9.41. The maximum atomic E-state index is 12.5. The van der Waals surface area contributed by atoms with E-state index in [2.05, 4.69) is 0 Å². The highest BCUT2D eigenvalue weighted by molar-refractivity contribution is 4.88. The molecular formula is C8H14F3N. The Kier molecular flexibility index (Phi) is 2.38. The summed E-state index contributed by atoms with van der Waals surface area (Å²) in [5, 5.41) is 0. The van der Waals surface area contributed by atoms with Crippen LogP contribution in [0.25, 0.3) is 0 Å². The van der Waals surface area contributed by atoms with E-state index in [1.807, 2.05) is 0 Å². The molecular weight excluding hydrogens is 167 g/mol. The maximum absolute atomic E-state index is 12.5. The summed E-state index contributed by atoms with van der Waals surface area (Å²) in [6.45, 7) is 2.23. The number of halogens is 3. The first-order valence-electron chi connectivity index (χ1n) is 4.10. The summed E-state index contributed by atoms with van der Waals surface area (Å²) in [6, 6.07) is 0. The van der Waals surface area contributed by atoms with Gasteiger partial charge in [0.15, 0.2) is 0 Å². The standard InChI is InChI=1S/C8H14F3N/c1-7(8(9,10)11)4-3-5-12(2)6-7/h3-6H2,1-2H3. The Labute approximate surface area is 70.5 Å². The van der Waals surface area contributed by atoms with E-state index in [0.717, 1.165) is 6.54 Å². The van der Waals surface area contributed by atoms with Crippen molar-refractivity contribution in [3.8, 4) is 0 Å². The molecule has 1 atom stereocenters. The smallest absolute Gasteiger partial charge is 0.305 e. The van der Waals surface area contributed by atoms with E-state index in [4.69, 9.17) is 0 Å². The van der Waals surface area contributed by atoms with E-state index in [9.17, 15) is 13.2 Å². The van der Waals surface area contributed by atoms with Crippen molar-refractivity contribution in [2.75, 3.05) is 20.1 Å². The number of nitrogens with zero attached hydrogens (tertiary/aromatic N) is 1. The lowest BCUT2D eigenvalue weighted by Gasteiger charge is -2.39. The van der Waals surface area contributed by atoms with Crippen LogP contribution in [0.15, 0.2) is 0 Å². The van der Waals surface area contributed by atoms with Crippen LogP contribution in [-0.4, -0.2) is 31.2 Å². The van der Waals surface area contributed by atoms with Crippen LogP contribution in [0.2, 0.25) is 0 Å². The molecule has 1 nitrogen and oxygen atoms in total. The van der Waals surface area contributed by atoms with Gasteiger partial charge in [0.05, 0.1) is 5.41 Å². The van der Waals surface area contributed by atoms with Gasteiger partial charge in [-0.2, -0.15) is 13.2 Å². The van der Waals surface area contributed by atoms with Gasteiger partial charge in [-0.3, -0.25) is 0 Å². The van der Waals surface area contributed by atoms with Gasteiger partial charge >= 0.3 is 6.18 Å². The average molecular weight is 181 g/mol. The van der Waals surface area contributed by atoms with Crippen molar-refractivity contribution < 1.29 is 13.2 Å². The van der Waals surface area contributed by atoms with Crippen LogP contribution in [0.1, 0.15) is 19.8 Å². The second-order valence-corrected chi connectivity index (χ2v) is 3.90. The van der Waals surface area contributed by atoms with E-state index in [1.54, 1.807) is 11.9 Å². The monoisotopic (exact) mass is 181 g/mol. The SMILES string of the molecule is CN1CCCC(C)(C(F)(F)F)C1. The number of hydrogen-bond acceptors (Lipinski definition) is 1. The van der Waals surface area contributed by atoms with Crippen LogP contribution in [0.4, 0.5) is 13.2 Å². The molecule has 0 saturated carbocycles. The minimum Gasteiger partial charge on any atom is -0.305 e. The van der Waals surface area contributed by atoms with Crippen molar-refractivity contribution in [3.05, 3.63) is 0 Å². The summed E-state index contributed by atoms with van der Waals surface area (Å²) >= 11 is 0.